The Labute approximate surface area is 117 Å². The zero-order valence-electron chi connectivity index (χ0n) is 10.2. The highest BCUT2D eigenvalue weighted by atomic mass is 32.1. The number of fused-ring (bicyclic) bond motifs is 1. The molecule has 1 aromatic carbocycles. The van der Waals surface area contributed by atoms with E-state index in [1.807, 2.05) is 16.0 Å². The van der Waals surface area contributed by atoms with Crippen LogP contribution in [0.5, 0.6) is 0 Å². The summed E-state index contributed by atoms with van der Waals surface area (Å²) in [5, 5.41) is 1.90. The van der Waals surface area contributed by atoms with Gasteiger partial charge in [0.1, 0.15) is 12.4 Å². The van der Waals surface area contributed by atoms with E-state index in [9.17, 15) is 9.18 Å². The average Bonchev–Trinajstić information content (AvgIpc) is 2.96. The lowest BCUT2D eigenvalue weighted by atomic mass is 10.2. The van der Waals surface area contributed by atoms with Crippen LogP contribution >= 0.6 is 11.3 Å². The Morgan fingerprint density at radius 1 is 1.50 bits per heavy atom. The molecule has 3 rings (SSSR count). The Hall–Kier alpha value is -2.41. The summed E-state index contributed by atoms with van der Waals surface area (Å²) < 4.78 is 20.4. The predicted molar refractivity (Wildman–Crippen MR) is 73.0 cm³/mol. The highest BCUT2D eigenvalue weighted by Crippen LogP contribution is 2.15. The number of ether oxygens (including phenoxy) is 1. The third-order valence-electron chi connectivity index (χ3n) is 2.71. The molecule has 0 spiro atoms. The van der Waals surface area contributed by atoms with Crippen LogP contribution in [0.15, 0.2) is 36.0 Å². The third kappa shape index (κ3) is 2.35. The first-order valence-electron chi connectivity index (χ1n) is 5.77. The molecule has 2 N–H and O–H groups in total. The Morgan fingerprint density at radius 3 is 3.10 bits per heavy atom. The number of imidazole rings is 1. The molecule has 2 aromatic heterocycles. The van der Waals surface area contributed by atoms with Crippen LogP contribution in [0.4, 0.5) is 10.1 Å². The van der Waals surface area contributed by atoms with Gasteiger partial charge in [-0.3, -0.25) is 4.40 Å². The average molecular weight is 291 g/mol. The number of nitrogens with two attached hydrogens (primary N) is 1. The number of nitrogens with zero attached hydrogens (tertiary/aromatic N) is 2. The van der Waals surface area contributed by atoms with Crippen LogP contribution in [-0.4, -0.2) is 15.4 Å². The number of hydrogen-bond acceptors (Lipinski definition) is 5. The summed E-state index contributed by atoms with van der Waals surface area (Å²) in [6, 6.07) is 3.84. The van der Waals surface area contributed by atoms with Gasteiger partial charge in [0.25, 0.3) is 0 Å². The molecule has 7 heteroatoms. The van der Waals surface area contributed by atoms with Crippen LogP contribution in [0.25, 0.3) is 4.96 Å². The van der Waals surface area contributed by atoms with E-state index in [1.54, 1.807) is 6.20 Å². The van der Waals surface area contributed by atoms with E-state index < -0.39 is 11.8 Å². The van der Waals surface area contributed by atoms with Crippen LogP contribution in [0.3, 0.4) is 0 Å². The van der Waals surface area contributed by atoms with Gasteiger partial charge in [0.05, 0.1) is 11.3 Å². The number of thiazole rings is 1. The lowest BCUT2D eigenvalue weighted by Gasteiger charge is -2.04. The summed E-state index contributed by atoms with van der Waals surface area (Å²) in [5.74, 6) is -1.43. The Bertz CT molecular complexity index is 752. The molecule has 0 bridgehead atoms. The molecule has 0 aliphatic carbocycles. The van der Waals surface area contributed by atoms with Crippen molar-refractivity contribution in [2.75, 3.05) is 5.73 Å². The SMILES string of the molecule is Nc1ccc(C(=O)OCc2cn3ccsc3n2)c(F)c1. The van der Waals surface area contributed by atoms with Crippen molar-refractivity contribution < 1.29 is 13.9 Å². The summed E-state index contributed by atoms with van der Waals surface area (Å²) in [5.41, 5.74) is 6.15. The summed E-state index contributed by atoms with van der Waals surface area (Å²) >= 11 is 1.48. The number of esters is 1. The Kier molecular flexibility index (Phi) is 3.11. The number of halogens is 1. The minimum atomic E-state index is -0.737. The largest absolute Gasteiger partial charge is 0.455 e. The maximum atomic E-state index is 13.5. The van der Waals surface area contributed by atoms with Crippen molar-refractivity contribution >= 4 is 28.0 Å². The van der Waals surface area contributed by atoms with Gasteiger partial charge >= 0.3 is 5.97 Å². The number of hydrogen-bond donors (Lipinski definition) is 1. The lowest BCUT2D eigenvalue weighted by molar-refractivity contribution is 0.0463. The van der Waals surface area contributed by atoms with Crippen LogP contribution in [0.2, 0.25) is 0 Å². The molecule has 3 aromatic rings. The van der Waals surface area contributed by atoms with Crippen molar-refractivity contribution in [1.29, 1.82) is 0 Å². The van der Waals surface area contributed by atoms with E-state index in [1.165, 1.54) is 23.5 Å². The number of aromatic nitrogens is 2. The predicted octanol–water partition coefficient (Wildman–Crippen LogP) is 2.47. The van der Waals surface area contributed by atoms with E-state index in [0.717, 1.165) is 11.0 Å². The first-order chi connectivity index (χ1) is 9.63. The van der Waals surface area contributed by atoms with Gasteiger partial charge in [0.2, 0.25) is 0 Å². The van der Waals surface area contributed by atoms with Crippen molar-refractivity contribution in [2.24, 2.45) is 0 Å². The Morgan fingerprint density at radius 2 is 2.35 bits per heavy atom. The van der Waals surface area contributed by atoms with Gasteiger partial charge < -0.3 is 10.5 Å². The molecule has 0 aliphatic heterocycles. The number of carbonyl (C=O) groups excluding carboxylic acids is 1. The summed E-state index contributed by atoms with van der Waals surface area (Å²) in [6.45, 7) is -0.00293. The first kappa shape index (κ1) is 12.6. The fourth-order valence-corrected chi connectivity index (χ4v) is 2.48. The van der Waals surface area contributed by atoms with Crippen molar-refractivity contribution in [1.82, 2.24) is 9.38 Å². The van der Waals surface area contributed by atoms with E-state index in [4.69, 9.17) is 10.5 Å². The molecule has 0 amide bonds. The summed E-state index contributed by atoms with van der Waals surface area (Å²) in [6.07, 6.45) is 3.62. The monoisotopic (exact) mass is 291 g/mol. The topological polar surface area (TPSA) is 69.6 Å². The fraction of sp³-hybridized carbons (Fsp3) is 0.0769. The lowest BCUT2D eigenvalue weighted by Crippen LogP contribution is -2.08. The van der Waals surface area contributed by atoms with Gasteiger partial charge in [-0.15, -0.1) is 11.3 Å². The minimum Gasteiger partial charge on any atom is -0.455 e. The maximum Gasteiger partial charge on any atom is 0.341 e. The number of rotatable bonds is 3. The summed E-state index contributed by atoms with van der Waals surface area (Å²) in [7, 11) is 0. The van der Waals surface area contributed by atoms with Gasteiger partial charge in [0.15, 0.2) is 4.96 Å². The molecule has 0 radical (unpaired) electrons. The zero-order chi connectivity index (χ0) is 14.1. The standard InChI is InChI=1S/C13H10FN3O2S/c14-11-5-8(15)1-2-10(11)12(18)19-7-9-6-17-3-4-20-13(17)16-9/h1-6H,7,15H2. The van der Waals surface area contributed by atoms with Crippen molar-refractivity contribution in [2.45, 2.75) is 6.61 Å². The van der Waals surface area contributed by atoms with Crippen molar-refractivity contribution in [3.05, 3.63) is 53.0 Å². The van der Waals surface area contributed by atoms with E-state index in [0.29, 0.717) is 5.69 Å². The normalized spacial score (nSPS) is 10.8. The molecule has 0 aliphatic rings. The second-order valence-electron chi connectivity index (χ2n) is 4.14. The number of benzene rings is 1. The smallest absolute Gasteiger partial charge is 0.341 e. The zero-order valence-corrected chi connectivity index (χ0v) is 11.1. The Balaban J connectivity index is 1.71. The molecule has 20 heavy (non-hydrogen) atoms. The van der Waals surface area contributed by atoms with Gasteiger partial charge in [-0.25, -0.2) is 14.2 Å². The van der Waals surface area contributed by atoms with Gasteiger partial charge in [-0.2, -0.15) is 0 Å². The molecule has 0 atom stereocenters. The molecular formula is C13H10FN3O2S. The van der Waals surface area contributed by atoms with Crippen LogP contribution < -0.4 is 5.73 Å². The van der Waals surface area contributed by atoms with Crippen molar-refractivity contribution in [3.8, 4) is 0 Å². The van der Waals surface area contributed by atoms with Crippen LogP contribution in [-0.2, 0) is 11.3 Å². The van der Waals surface area contributed by atoms with Gasteiger partial charge in [0, 0.05) is 23.5 Å². The molecule has 0 unspecified atom stereocenters. The highest BCUT2D eigenvalue weighted by molar-refractivity contribution is 7.15. The highest BCUT2D eigenvalue weighted by Gasteiger charge is 2.14. The molecule has 0 saturated heterocycles. The van der Waals surface area contributed by atoms with Gasteiger partial charge in [-0.05, 0) is 18.2 Å². The quantitative estimate of drug-likeness (QED) is 0.594. The van der Waals surface area contributed by atoms with Crippen molar-refractivity contribution in [3.63, 3.8) is 0 Å². The third-order valence-corrected chi connectivity index (χ3v) is 3.48. The second kappa shape index (κ2) is 4.93. The van der Waals surface area contributed by atoms with E-state index >= 15 is 0 Å². The molecular weight excluding hydrogens is 281 g/mol. The number of nitrogen functional groups attached to an aromatic ring is 1. The molecule has 5 nitrogen and oxygen atoms in total. The molecule has 2 heterocycles. The van der Waals surface area contributed by atoms with E-state index in [-0.39, 0.29) is 17.9 Å². The fourth-order valence-electron chi connectivity index (χ4n) is 1.76. The van der Waals surface area contributed by atoms with E-state index in [2.05, 4.69) is 4.98 Å². The number of anilines is 1. The first-order valence-corrected chi connectivity index (χ1v) is 6.64. The van der Waals surface area contributed by atoms with Crippen LogP contribution in [0, 0.1) is 5.82 Å². The summed E-state index contributed by atoms with van der Waals surface area (Å²) in [4.78, 5) is 16.8. The van der Waals surface area contributed by atoms with Crippen LogP contribution in [0.1, 0.15) is 16.1 Å². The second-order valence-corrected chi connectivity index (χ2v) is 5.01. The minimum absolute atomic E-state index is 0.00293. The molecule has 0 saturated carbocycles. The molecule has 0 fully saturated rings. The van der Waals surface area contributed by atoms with Gasteiger partial charge in [-0.1, -0.05) is 0 Å². The molecule has 102 valence electrons. The maximum absolute atomic E-state index is 13.5. The number of carbonyl (C=O) groups is 1.